The summed E-state index contributed by atoms with van der Waals surface area (Å²) >= 11 is 0. The third kappa shape index (κ3) is 8.44. The number of aliphatic hydroxyl groups is 2. The van der Waals surface area contributed by atoms with Crippen molar-refractivity contribution in [1.82, 2.24) is 25.9 Å². The Kier molecular flexibility index (Phi) is 10.9. The molecule has 1 aromatic heterocycles. The van der Waals surface area contributed by atoms with E-state index in [0.717, 1.165) is 0 Å². The molecule has 186 valence electrons. The van der Waals surface area contributed by atoms with Crippen molar-refractivity contribution in [1.29, 1.82) is 0 Å². The molecular formula is C20H34N6O7. The first-order chi connectivity index (χ1) is 15.4. The Bertz CT molecular complexity index is 799. The van der Waals surface area contributed by atoms with E-state index < -0.39 is 60.1 Å². The molecule has 13 heteroatoms. The summed E-state index contributed by atoms with van der Waals surface area (Å²) < 4.78 is 0. The number of rotatable bonds is 13. The highest BCUT2D eigenvalue weighted by Gasteiger charge is 2.34. The van der Waals surface area contributed by atoms with Gasteiger partial charge in [-0.1, -0.05) is 20.3 Å². The van der Waals surface area contributed by atoms with Crippen LogP contribution in [0.4, 0.5) is 0 Å². The molecule has 13 nitrogen and oxygen atoms in total. The van der Waals surface area contributed by atoms with Crippen LogP contribution in [0.15, 0.2) is 12.5 Å². The lowest BCUT2D eigenvalue weighted by molar-refractivity contribution is -0.143. The number of hydrogen-bond donors (Lipinski definition) is 8. The zero-order valence-electron chi connectivity index (χ0n) is 19.1. The topological polar surface area (TPSA) is 220 Å². The second kappa shape index (κ2) is 12.9. The van der Waals surface area contributed by atoms with Gasteiger partial charge in [0.2, 0.25) is 17.7 Å². The average molecular weight is 471 g/mol. The summed E-state index contributed by atoms with van der Waals surface area (Å²) in [7, 11) is 0. The largest absolute Gasteiger partial charge is 0.480 e. The number of aliphatic hydroxyl groups excluding tert-OH is 2. The number of amides is 3. The predicted octanol–water partition coefficient (Wildman–Crippen LogP) is -2.37. The molecule has 0 aliphatic rings. The lowest BCUT2D eigenvalue weighted by Crippen LogP contribution is -2.62. The number of aromatic nitrogens is 2. The van der Waals surface area contributed by atoms with Crippen molar-refractivity contribution >= 4 is 23.7 Å². The van der Waals surface area contributed by atoms with Gasteiger partial charge in [-0.25, -0.2) is 9.78 Å². The first kappa shape index (κ1) is 28.0. The zero-order chi connectivity index (χ0) is 25.3. The highest BCUT2D eigenvalue weighted by atomic mass is 16.4. The van der Waals surface area contributed by atoms with E-state index in [4.69, 9.17) is 5.73 Å². The van der Waals surface area contributed by atoms with E-state index in [1.807, 2.05) is 6.92 Å². The minimum Gasteiger partial charge on any atom is -0.480 e. The van der Waals surface area contributed by atoms with E-state index in [0.29, 0.717) is 12.1 Å². The first-order valence-corrected chi connectivity index (χ1v) is 10.6. The summed E-state index contributed by atoms with van der Waals surface area (Å²) in [5, 5.41) is 36.3. The third-order valence-electron chi connectivity index (χ3n) is 5.28. The number of nitrogens with zero attached hydrogens (tertiary/aromatic N) is 1. The van der Waals surface area contributed by atoms with Crippen molar-refractivity contribution in [3.63, 3.8) is 0 Å². The van der Waals surface area contributed by atoms with Gasteiger partial charge in [0.1, 0.15) is 18.1 Å². The van der Waals surface area contributed by atoms with Crippen molar-refractivity contribution in [3.8, 4) is 0 Å². The molecular weight excluding hydrogens is 436 g/mol. The van der Waals surface area contributed by atoms with E-state index in [1.54, 1.807) is 6.92 Å². The van der Waals surface area contributed by atoms with Gasteiger partial charge in [-0.15, -0.1) is 0 Å². The van der Waals surface area contributed by atoms with Crippen molar-refractivity contribution in [3.05, 3.63) is 18.2 Å². The molecule has 1 rings (SSSR count). The monoisotopic (exact) mass is 470 g/mol. The maximum atomic E-state index is 12.7. The Hall–Kier alpha value is -3.03. The molecule has 0 saturated heterocycles. The number of carbonyl (C=O) groups is 4. The normalized spacial score (nSPS) is 17.5. The van der Waals surface area contributed by atoms with E-state index in [1.165, 1.54) is 26.4 Å². The van der Waals surface area contributed by atoms with Crippen LogP contribution >= 0.6 is 0 Å². The van der Waals surface area contributed by atoms with Crippen molar-refractivity contribution in [2.24, 2.45) is 11.7 Å². The molecule has 33 heavy (non-hydrogen) atoms. The van der Waals surface area contributed by atoms with Gasteiger partial charge in [0.05, 0.1) is 24.6 Å². The molecule has 7 atom stereocenters. The molecule has 0 aliphatic heterocycles. The number of carbonyl (C=O) groups excluding carboxylic acids is 3. The summed E-state index contributed by atoms with van der Waals surface area (Å²) in [6.07, 6.45) is 0.503. The molecule has 0 radical (unpaired) electrons. The van der Waals surface area contributed by atoms with Crippen LogP contribution in [0.5, 0.6) is 0 Å². The van der Waals surface area contributed by atoms with Gasteiger partial charge in [0, 0.05) is 18.3 Å². The zero-order valence-corrected chi connectivity index (χ0v) is 19.1. The number of nitrogens with two attached hydrogens (primary N) is 1. The molecule has 0 bridgehead atoms. The maximum Gasteiger partial charge on any atom is 0.326 e. The standard InChI is InChI=1S/C20H34N6O7/c1-5-9(2)14(21)17(29)25-16(11(4)28)19(31)26-15(10(3)27)18(30)24-13(20(32)33)6-12-7-22-8-23-12/h7-11,13-16,27-28H,5-6,21H2,1-4H3,(H,22,23)(H,24,30)(H,25,29)(H,26,31)(H,32,33). The maximum absolute atomic E-state index is 12.7. The Morgan fingerprint density at radius 3 is 1.94 bits per heavy atom. The molecule has 0 fully saturated rings. The smallest absolute Gasteiger partial charge is 0.326 e. The van der Waals surface area contributed by atoms with E-state index in [9.17, 15) is 34.5 Å². The lowest BCUT2D eigenvalue weighted by Gasteiger charge is -2.28. The number of imidazole rings is 1. The molecule has 1 heterocycles. The molecule has 0 aromatic carbocycles. The average Bonchev–Trinajstić information content (AvgIpc) is 3.26. The Balaban J connectivity index is 2.92. The van der Waals surface area contributed by atoms with Gasteiger partial charge in [0.25, 0.3) is 0 Å². The SMILES string of the molecule is CCC(C)C(N)C(=O)NC(C(=O)NC(C(=O)NC(Cc1cnc[nH]1)C(=O)O)C(C)O)C(C)O. The Labute approximate surface area is 191 Å². The number of aliphatic carboxylic acids is 1. The molecule has 7 unspecified atom stereocenters. The second-order valence-electron chi connectivity index (χ2n) is 8.05. The van der Waals surface area contributed by atoms with Gasteiger partial charge < -0.3 is 42.0 Å². The number of nitrogens with one attached hydrogen (secondary N) is 4. The first-order valence-electron chi connectivity index (χ1n) is 10.6. The fourth-order valence-electron chi connectivity index (χ4n) is 2.89. The van der Waals surface area contributed by atoms with E-state index >= 15 is 0 Å². The molecule has 1 aromatic rings. The fourth-order valence-corrected chi connectivity index (χ4v) is 2.89. The van der Waals surface area contributed by atoms with Crippen LogP contribution in [-0.2, 0) is 25.6 Å². The Morgan fingerprint density at radius 2 is 1.52 bits per heavy atom. The summed E-state index contributed by atoms with van der Waals surface area (Å²) in [4.78, 5) is 55.8. The van der Waals surface area contributed by atoms with Crippen LogP contribution in [0.1, 0.15) is 39.8 Å². The van der Waals surface area contributed by atoms with Crippen molar-refractivity contribution < 1.29 is 34.5 Å². The summed E-state index contributed by atoms with van der Waals surface area (Å²) in [5.74, 6) is -4.08. The lowest BCUT2D eigenvalue weighted by atomic mass is 9.98. The molecule has 0 aliphatic carbocycles. The predicted molar refractivity (Wildman–Crippen MR) is 117 cm³/mol. The van der Waals surface area contributed by atoms with Crippen LogP contribution in [0.3, 0.4) is 0 Å². The molecule has 0 saturated carbocycles. The van der Waals surface area contributed by atoms with Crippen LogP contribution in [0, 0.1) is 5.92 Å². The van der Waals surface area contributed by atoms with Crippen LogP contribution in [0.2, 0.25) is 0 Å². The number of aromatic amines is 1. The quantitative estimate of drug-likeness (QED) is 0.154. The van der Waals surface area contributed by atoms with Gasteiger partial charge in [-0.3, -0.25) is 14.4 Å². The fraction of sp³-hybridized carbons (Fsp3) is 0.650. The summed E-state index contributed by atoms with van der Waals surface area (Å²) in [6.45, 7) is 6.10. The van der Waals surface area contributed by atoms with Crippen molar-refractivity contribution in [2.45, 2.75) is 76.9 Å². The molecule has 9 N–H and O–H groups in total. The molecule has 0 spiro atoms. The van der Waals surface area contributed by atoms with E-state index in [2.05, 4.69) is 25.9 Å². The summed E-state index contributed by atoms with van der Waals surface area (Å²) in [6, 6.07) is -5.29. The minimum absolute atomic E-state index is 0.110. The van der Waals surface area contributed by atoms with Crippen molar-refractivity contribution in [2.75, 3.05) is 0 Å². The Morgan fingerprint density at radius 1 is 1.00 bits per heavy atom. The highest BCUT2D eigenvalue weighted by Crippen LogP contribution is 2.07. The van der Waals surface area contributed by atoms with Crippen LogP contribution < -0.4 is 21.7 Å². The van der Waals surface area contributed by atoms with Gasteiger partial charge in [-0.2, -0.15) is 0 Å². The summed E-state index contributed by atoms with van der Waals surface area (Å²) in [5.41, 5.74) is 6.32. The number of H-pyrrole nitrogens is 1. The van der Waals surface area contributed by atoms with Crippen LogP contribution in [0.25, 0.3) is 0 Å². The minimum atomic E-state index is -1.55. The highest BCUT2D eigenvalue weighted by molar-refractivity contribution is 5.94. The van der Waals surface area contributed by atoms with Gasteiger partial charge in [-0.05, 0) is 19.8 Å². The number of hydrogen-bond acceptors (Lipinski definition) is 8. The van der Waals surface area contributed by atoms with Gasteiger partial charge >= 0.3 is 5.97 Å². The second-order valence-corrected chi connectivity index (χ2v) is 8.05. The number of carboxylic acids is 1. The molecule has 3 amide bonds. The number of carboxylic acid groups (broad SMARTS) is 1. The van der Waals surface area contributed by atoms with Gasteiger partial charge in [0.15, 0.2) is 0 Å². The third-order valence-corrected chi connectivity index (χ3v) is 5.28. The van der Waals surface area contributed by atoms with Crippen LogP contribution in [-0.4, -0.2) is 85.4 Å². The van der Waals surface area contributed by atoms with E-state index in [-0.39, 0.29) is 12.3 Å².